The van der Waals surface area contributed by atoms with Crippen molar-refractivity contribution in [1.82, 2.24) is 0 Å². The minimum absolute atomic E-state index is 0.283. The Morgan fingerprint density at radius 1 is 1.50 bits per heavy atom. The predicted molar refractivity (Wildman–Crippen MR) is 39.7 cm³/mol. The molecule has 0 rings (SSSR count). The molecule has 0 N–H and O–H groups in total. The second-order valence-corrected chi connectivity index (χ2v) is 2.72. The molecule has 0 aromatic heterocycles. The van der Waals surface area contributed by atoms with Crippen molar-refractivity contribution in [3.8, 4) is 0 Å². The van der Waals surface area contributed by atoms with Gasteiger partial charge in [-0.05, 0) is 13.3 Å². The molecule has 0 aliphatic heterocycles. The highest BCUT2D eigenvalue weighted by Crippen LogP contribution is 2.19. The van der Waals surface area contributed by atoms with Crippen molar-refractivity contribution in [2.75, 3.05) is 0 Å². The fourth-order valence-electron chi connectivity index (χ4n) is 0.978. The molecule has 0 radical (unpaired) electrons. The first-order chi connectivity index (χ1) is 4.54. The summed E-state index contributed by atoms with van der Waals surface area (Å²) in [5.74, 6) is -0.283. The van der Waals surface area contributed by atoms with Crippen molar-refractivity contribution < 1.29 is 9.18 Å². The molecule has 1 nitrogen and oxygen atoms in total. The first kappa shape index (κ1) is 9.60. The molecule has 0 aliphatic carbocycles. The highest BCUT2D eigenvalue weighted by molar-refractivity contribution is 5.86. The maximum absolute atomic E-state index is 13.1. The first-order valence-corrected chi connectivity index (χ1v) is 3.76. The van der Waals surface area contributed by atoms with Gasteiger partial charge in [0.15, 0.2) is 11.5 Å². The number of rotatable bonds is 4. The van der Waals surface area contributed by atoms with Crippen molar-refractivity contribution in [3.05, 3.63) is 0 Å². The number of ketones is 1. The molecular formula is C8H15FO. The summed E-state index contributed by atoms with van der Waals surface area (Å²) in [4.78, 5) is 10.8. The third kappa shape index (κ3) is 2.46. The fraction of sp³-hybridized carbons (Fsp3) is 0.875. The number of alkyl halides is 1. The maximum Gasteiger partial charge on any atom is 0.169 e. The van der Waals surface area contributed by atoms with Crippen molar-refractivity contribution in [2.24, 2.45) is 0 Å². The van der Waals surface area contributed by atoms with E-state index in [0.29, 0.717) is 12.8 Å². The average molecular weight is 146 g/mol. The van der Waals surface area contributed by atoms with Crippen molar-refractivity contribution in [1.29, 1.82) is 0 Å². The second-order valence-electron chi connectivity index (χ2n) is 2.72. The molecule has 0 aromatic rings. The van der Waals surface area contributed by atoms with Gasteiger partial charge in [0.2, 0.25) is 0 Å². The van der Waals surface area contributed by atoms with Crippen LogP contribution in [-0.4, -0.2) is 11.5 Å². The molecule has 0 saturated carbocycles. The van der Waals surface area contributed by atoms with Crippen LogP contribution in [0.5, 0.6) is 0 Å². The van der Waals surface area contributed by atoms with E-state index in [1.807, 2.05) is 6.92 Å². The van der Waals surface area contributed by atoms with Gasteiger partial charge in [0, 0.05) is 6.42 Å². The zero-order valence-electron chi connectivity index (χ0n) is 6.91. The fourth-order valence-corrected chi connectivity index (χ4v) is 0.978. The Bertz CT molecular complexity index is 118. The molecule has 0 aliphatic rings. The third-order valence-corrected chi connectivity index (χ3v) is 1.62. The van der Waals surface area contributed by atoms with Gasteiger partial charge >= 0.3 is 0 Å². The van der Waals surface area contributed by atoms with Crippen LogP contribution in [0.15, 0.2) is 0 Å². The van der Waals surface area contributed by atoms with Gasteiger partial charge in [-0.15, -0.1) is 0 Å². The molecule has 0 heterocycles. The number of hydrogen-bond acceptors (Lipinski definition) is 1. The van der Waals surface area contributed by atoms with E-state index >= 15 is 0 Å². The standard InChI is InChI=1S/C8H15FO/c1-4-6-8(3,9)7(10)5-2/h4-6H2,1-3H3. The normalized spacial score (nSPS) is 16.4. The molecule has 0 aromatic carbocycles. The highest BCUT2D eigenvalue weighted by Gasteiger charge is 2.29. The topological polar surface area (TPSA) is 17.1 Å². The summed E-state index contributed by atoms with van der Waals surface area (Å²) >= 11 is 0. The summed E-state index contributed by atoms with van der Waals surface area (Å²) < 4.78 is 13.1. The van der Waals surface area contributed by atoms with Crippen LogP contribution in [0, 0.1) is 0 Å². The molecule has 2 heteroatoms. The van der Waals surface area contributed by atoms with Crippen molar-refractivity contribution in [3.63, 3.8) is 0 Å². The van der Waals surface area contributed by atoms with Gasteiger partial charge in [-0.3, -0.25) is 4.79 Å². The van der Waals surface area contributed by atoms with Crippen LogP contribution in [0.1, 0.15) is 40.0 Å². The lowest BCUT2D eigenvalue weighted by atomic mass is 9.96. The van der Waals surface area contributed by atoms with Gasteiger partial charge in [-0.25, -0.2) is 4.39 Å². The number of halogens is 1. The average Bonchev–Trinajstić information content (AvgIpc) is 1.86. The van der Waals surface area contributed by atoms with E-state index in [0.717, 1.165) is 6.42 Å². The first-order valence-electron chi connectivity index (χ1n) is 3.76. The Morgan fingerprint density at radius 3 is 2.30 bits per heavy atom. The monoisotopic (exact) mass is 146 g/mol. The summed E-state index contributed by atoms with van der Waals surface area (Å²) in [5, 5.41) is 0. The number of carbonyl (C=O) groups is 1. The number of Topliss-reactive ketones (excluding diaryl/α,β-unsaturated/α-hetero) is 1. The van der Waals surface area contributed by atoms with E-state index in [2.05, 4.69) is 0 Å². The Morgan fingerprint density at radius 2 is 2.00 bits per heavy atom. The third-order valence-electron chi connectivity index (χ3n) is 1.62. The van der Waals surface area contributed by atoms with E-state index in [9.17, 15) is 9.18 Å². The van der Waals surface area contributed by atoms with E-state index in [-0.39, 0.29) is 5.78 Å². The predicted octanol–water partition coefficient (Wildman–Crippen LogP) is 2.49. The smallest absolute Gasteiger partial charge is 0.169 e. The van der Waals surface area contributed by atoms with Gasteiger partial charge in [0.25, 0.3) is 0 Å². The summed E-state index contributed by atoms with van der Waals surface area (Å²) in [7, 11) is 0. The number of hydrogen-bond donors (Lipinski definition) is 0. The van der Waals surface area contributed by atoms with Crippen molar-refractivity contribution in [2.45, 2.75) is 45.7 Å². The summed E-state index contributed by atoms with van der Waals surface area (Å²) in [6.07, 6.45) is 1.37. The molecule has 10 heavy (non-hydrogen) atoms. The van der Waals surface area contributed by atoms with E-state index < -0.39 is 5.67 Å². The number of carbonyl (C=O) groups excluding carboxylic acids is 1. The Labute approximate surface area is 61.6 Å². The maximum atomic E-state index is 13.1. The van der Waals surface area contributed by atoms with Crippen LogP contribution in [0.25, 0.3) is 0 Å². The molecule has 1 atom stereocenters. The van der Waals surface area contributed by atoms with E-state index in [1.165, 1.54) is 6.92 Å². The van der Waals surface area contributed by atoms with Gasteiger partial charge < -0.3 is 0 Å². The molecule has 60 valence electrons. The van der Waals surface area contributed by atoms with Crippen LogP contribution in [0.4, 0.5) is 4.39 Å². The molecule has 1 unspecified atom stereocenters. The highest BCUT2D eigenvalue weighted by atomic mass is 19.1. The molecular weight excluding hydrogens is 131 g/mol. The minimum atomic E-state index is -1.58. The lowest BCUT2D eigenvalue weighted by molar-refractivity contribution is -0.129. The molecule has 0 saturated heterocycles. The molecule has 0 spiro atoms. The Hall–Kier alpha value is -0.400. The van der Waals surface area contributed by atoms with E-state index in [4.69, 9.17) is 0 Å². The molecule has 0 amide bonds. The quantitative estimate of drug-likeness (QED) is 0.595. The van der Waals surface area contributed by atoms with Crippen LogP contribution in [0.2, 0.25) is 0 Å². The van der Waals surface area contributed by atoms with Gasteiger partial charge in [0.05, 0.1) is 0 Å². The second kappa shape index (κ2) is 3.69. The van der Waals surface area contributed by atoms with Crippen LogP contribution < -0.4 is 0 Å². The summed E-state index contributed by atoms with van der Waals surface area (Å²) in [6, 6.07) is 0. The SMILES string of the molecule is CCCC(C)(F)C(=O)CC. The van der Waals surface area contributed by atoms with Crippen molar-refractivity contribution >= 4 is 5.78 Å². The lowest BCUT2D eigenvalue weighted by Gasteiger charge is -2.16. The Kier molecular flexibility index (Phi) is 3.54. The molecule has 0 fully saturated rings. The van der Waals surface area contributed by atoms with Gasteiger partial charge in [-0.1, -0.05) is 20.3 Å². The summed E-state index contributed by atoms with van der Waals surface area (Å²) in [6.45, 7) is 4.93. The van der Waals surface area contributed by atoms with Crippen LogP contribution in [-0.2, 0) is 4.79 Å². The van der Waals surface area contributed by atoms with E-state index in [1.54, 1.807) is 6.92 Å². The zero-order valence-corrected chi connectivity index (χ0v) is 6.91. The minimum Gasteiger partial charge on any atom is -0.296 e. The molecule has 0 bridgehead atoms. The van der Waals surface area contributed by atoms with Gasteiger partial charge in [-0.2, -0.15) is 0 Å². The van der Waals surface area contributed by atoms with Gasteiger partial charge in [0.1, 0.15) is 0 Å². The zero-order chi connectivity index (χ0) is 8.20. The Balaban J connectivity index is 3.96. The largest absolute Gasteiger partial charge is 0.296 e. The lowest BCUT2D eigenvalue weighted by Crippen LogP contribution is -2.28. The summed E-state index contributed by atoms with van der Waals surface area (Å²) in [5.41, 5.74) is -1.58. The van der Waals surface area contributed by atoms with Crippen LogP contribution >= 0.6 is 0 Å². The van der Waals surface area contributed by atoms with Crippen LogP contribution in [0.3, 0.4) is 0 Å².